The second-order valence-electron chi connectivity index (χ2n) is 6.43. The zero-order chi connectivity index (χ0) is 17.1. The van der Waals surface area contributed by atoms with Gasteiger partial charge in [0.1, 0.15) is 6.10 Å². The molecular weight excluding hydrogens is 318 g/mol. The minimum absolute atomic E-state index is 0.0274. The molecule has 1 fully saturated rings. The molecule has 25 heavy (non-hydrogen) atoms. The molecule has 130 valence electrons. The highest BCUT2D eigenvalue weighted by atomic mass is 16.5. The van der Waals surface area contributed by atoms with Crippen LogP contribution in [0.5, 0.6) is 5.88 Å². The number of amides is 1. The van der Waals surface area contributed by atoms with E-state index in [0.29, 0.717) is 19.0 Å². The van der Waals surface area contributed by atoms with Crippen molar-refractivity contribution >= 4 is 5.91 Å². The van der Waals surface area contributed by atoms with Crippen molar-refractivity contribution in [3.63, 3.8) is 0 Å². The van der Waals surface area contributed by atoms with E-state index in [2.05, 4.69) is 16.3 Å². The molecule has 6 nitrogen and oxygen atoms in total. The molecule has 1 saturated heterocycles. The Morgan fingerprint density at radius 1 is 1.24 bits per heavy atom. The van der Waals surface area contributed by atoms with Gasteiger partial charge in [0, 0.05) is 18.8 Å². The van der Waals surface area contributed by atoms with Crippen molar-refractivity contribution < 1.29 is 14.3 Å². The Morgan fingerprint density at radius 2 is 2.16 bits per heavy atom. The summed E-state index contributed by atoms with van der Waals surface area (Å²) < 4.78 is 11.7. The Bertz CT molecular complexity index is 738. The van der Waals surface area contributed by atoms with E-state index < -0.39 is 6.10 Å². The van der Waals surface area contributed by atoms with Crippen LogP contribution >= 0.6 is 0 Å². The van der Waals surface area contributed by atoms with Crippen LogP contribution in [0.15, 0.2) is 42.6 Å². The van der Waals surface area contributed by atoms with Gasteiger partial charge in [-0.25, -0.2) is 0 Å². The van der Waals surface area contributed by atoms with Crippen molar-refractivity contribution in [1.29, 1.82) is 0 Å². The molecule has 0 unspecified atom stereocenters. The van der Waals surface area contributed by atoms with Crippen molar-refractivity contribution in [2.75, 3.05) is 19.7 Å². The number of benzene rings is 1. The summed E-state index contributed by atoms with van der Waals surface area (Å²) in [5, 5.41) is 7.79. The summed E-state index contributed by atoms with van der Waals surface area (Å²) in [5.41, 5.74) is 2.20. The maximum Gasteiger partial charge on any atom is 0.256 e. The molecule has 0 radical (unpaired) electrons. The van der Waals surface area contributed by atoms with Gasteiger partial charge in [-0.3, -0.25) is 4.79 Å². The number of hydrogen-bond acceptors (Lipinski definition) is 5. The Hall–Kier alpha value is -2.47. The Labute approximate surface area is 146 Å². The average Bonchev–Trinajstić information content (AvgIpc) is 2.68. The summed E-state index contributed by atoms with van der Waals surface area (Å²) >= 11 is 0. The van der Waals surface area contributed by atoms with E-state index in [1.165, 1.54) is 5.56 Å². The van der Waals surface area contributed by atoms with E-state index in [1.54, 1.807) is 18.3 Å². The van der Waals surface area contributed by atoms with Crippen LogP contribution in [0, 0.1) is 0 Å². The normalized spacial score (nSPS) is 23.0. The SMILES string of the molecule is O=C([C@H]1OCCc2ccccc21)N1CCC[C@@H](Oc2cccnn2)C1. The zero-order valence-electron chi connectivity index (χ0n) is 14.0. The molecule has 6 heteroatoms. The summed E-state index contributed by atoms with van der Waals surface area (Å²) in [5.74, 6) is 0.528. The third kappa shape index (κ3) is 3.49. The van der Waals surface area contributed by atoms with Crippen LogP contribution in [0.2, 0.25) is 0 Å². The molecule has 2 aliphatic rings. The molecule has 0 saturated carbocycles. The van der Waals surface area contributed by atoms with Crippen LogP contribution in [-0.4, -0.2) is 46.8 Å². The molecule has 2 atom stereocenters. The van der Waals surface area contributed by atoms with E-state index in [-0.39, 0.29) is 12.0 Å². The average molecular weight is 339 g/mol. The predicted molar refractivity (Wildman–Crippen MR) is 91.1 cm³/mol. The first-order valence-corrected chi connectivity index (χ1v) is 8.74. The molecule has 1 aromatic carbocycles. The van der Waals surface area contributed by atoms with Crippen molar-refractivity contribution in [2.45, 2.75) is 31.5 Å². The second kappa shape index (κ2) is 7.19. The molecule has 0 N–H and O–H groups in total. The smallest absolute Gasteiger partial charge is 0.256 e. The number of aromatic nitrogens is 2. The molecule has 0 aliphatic carbocycles. The van der Waals surface area contributed by atoms with Crippen LogP contribution in [0.4, 0.5) is 0 Å². The molecule has 3 heterocycles. The van der Waals surface area contributed by atoms with Gasteiger partial charge in [0.25, 0.3) is 5.91 Å². The molecule has 0 spiro atoms. The maximum absolute atomic E-state index is 13.0. The minimum Gasteiger partial charge on any atom is -0.471 e. The summed E-state index contributed by atoms with van der Waals surface area (Å²) in [6, 6.07) is 11.6. The summed E-state index contributed by atoms with van der Waals surface area (Å²) in [4.78, 5) is 14.9. The third-order valence-corrected chi connectivity index (χ3v) is 4.74. The van der Waals surface area contributed by atoms with E-state index in [9.17, 15) is 4.79 Å². The molecule has 2 aromatic rings. The highest BCUT2D eigenvalue weighted by molar-refractivity contribution is 5.83. The number of hydrogen-bond donors (Lipinski definition) is 0. The predicted octanol–water partition coefficient (Wildman–Crippen LogP) is 2.16. The van der Waals surface area contributed by atoms with Crippen molar-refractivity contribution in [2.24, 2.45) is 0 Å². The highest BCUT2D eigenvalue weighted by Crippen LogP contribution is 2.29. The number of piperidine rings is 1. The van der Waals surface area contributed by atoms with E-state index in [4.69, 9.17) is 9.47 Å². The van der Waals surface area contributed by atoms with E-state index >= 15 is 0 Å². The largest absolute Gasteiger partial charge is 0.471 e. The van der Waals surface area contributed by atoms with Crippen molar-refractivity contribution in [3.8, 4) is 5.88 Å². The number of nitrogens with zero attached hydrogens (tertiary/aromatic N) is 3. The number of carbonyl (C=O) groups excluding carboxylic acids is 1. The second-order valence-corrected chi connectivity index (χ2v) is 6.43. The first-order valence-electron chi connectivity index (χ1n) is 8.74. The highest BCUT2D eigenvalue weighted by Gasteiger charge is 2.33. The third-order valence-electron chi connectivity index (χ3n) is 4.74. The molecule has 0 bridgehead atoms. The number of likely N-dealkylation sites (tertiary alicyclic amines) is 1. The number of rotatable bonds is 3. The lowest BCUT2D eigenvalue weighted by atomic mass is 9.96. The first kappa shape index (κ1) is 16.0. The zero-order valence-corrected chi connectivity index (χ0v) is 14.0. The van der Waals surface area contributed by atoms with Crippen LogP contribution in [0.3, 0.4) is 0 Å². The molecule has 1 amide bonds. The topological polar surface area (TPSA) is 64.5 Å². The molecule has 1 aromatic heterocycles. The Morgan fingerprint density at radius 3 is 3.04 bits per heavy atom. The van der Waals surface area contributed by atoms with Gasteiger partial charge in [0.05, 0.1) is 13.2 Å². The molecule has 4 rings (SSSR count). The van der Waals surface area contributed by atoms with Crippen molar-refractivity contribution in [3.05, 3.63) is 53.7 Å². The number of carbonyl (C=O) groups is 1. The lowest BCUT2D eigenvalue weighted by Gasteiger charge is -2.36. The summed E-state index contributed by atoms with van der Waals surface area (Å²) in [6.45, 7) is 1.87. The van der Waals surface area contributed by atoms with Gasteiger partial charge >= 0.3 is 0 Å². The van der Waals surface area contributed by atoms with E-state index in [0.717, 1.165) is 31.4 Å². The van der Waals surface area contributed by atoms with Gasteiger partial charge in [0.15, 0.2) is 6.10 Å². The van der Waals surface area contributed by atoms with Gasteiger partial charge in [-0.05, 0) is 36.5 Å². The van der Waals surface area contributed by atoms with Crippen LogP contribution in [-0.2, 0) is 16.0 Å². The lowest BCUT2D eigenvalue weighted by molar-refractivity contribution is -0.147. The van der Waals surface area contributed by atoms with E-state index in [1.807, 2.05) is 23.1 Å². The first-order chi connectivity index (χ1) is 12.3. The minimum atomic E-state index is -0.500. The molecule has 2 aliphatic heterocycles. The van der Waals surface area contributed by atoms with Gasteiger partial charge in [-0.1, -0.05) is 24.3 Å². The fourth-order valence-electron chi connectivity index (χ4n) is 3.52. The van der Waals surface area contributed by atoms with Gasteiger partial charge in [0.2, 0.25) is 5.88 Å². The lowest BCUT2D eigenvalue weighted by Crippen LogP contribution is -2.47. The fraction of sp³-hybridized carbons (Fsp3) is 0.421. The maximum atomic E-state index is 13.0. The summed E-state index contributed by atoms with van der Waals surface area (Å²) in [6.07, 6.45) is 3.72. The Kier molecular flexibility index (Phi) is 4.61. The standard InChI is InChI=1S/C19H21N3O3/c23-19(18-16-7-2-1-5-14(16)9-12-24-18)22-11-4-6-15(13-22)25-17-8-3-10-20-21-17/h1-3,5,7-8,10,15,18H,4,6,9,11-13H2/t15-,18+/m1/s1. The number of ether oxygens (including phenoxy) is 2. The van der Waals surface area contributed by atoms with Crippen LogP contribution in [0.1, 0.15) is 30.1 Å². The van der Waals surface area contributed by atoms with Gasteiger partial charge < -0.3 is 14.4 Å². The van der Waals surface area contributed by atoms with Gasteiger partial charge in [-0.2, -0.15) is 5.10 Å². The molecular formula is C19H21N3O3. The fourth-order valence-corrected chi connectivity index (χ4v) is 3.52. The Balaban J connectivity index is 1.46. The summed E-state index contributed by atoms with van der Waals surface area (Å²) in [7, 11) is 0. The van der Waals surface area contributed by atoms with Crippen LogP contribution in [0.25, 0.3) is 0 Å². The quantitative estimate of drug-likeness (QED) is 0.857. The number of fused-ring (bicyclic) bond motifs is 1. The van der Waals surface area contributed by atoms with Crippen LogP contribution < -0.4 is 4.74 Å². The monoisotopic (exact) mass is 339 g/mol. The van der Waals surface area contributed by atoms with Gasteiger partial charge in [-0.15, -0.1) is 5.10 Å². The van der Waals surface area contributed by atoms with Crippen molar-refractivity contribution in [1.82, 2.24) is 15.1 Å².